The number of benzene rings is 1. The van der Waals surface area contributed by atoms with E-state index in [0.29, 0.717) is 87.1 Å². The van der Waals surface area contributed by atoms with Crippen LogP contribution in [0.2, 0.25) is 0 Å². The van der Waals surface area contributed by atoms with Gasteiger partial charge in [0.25, 0.3) is 6.43 Å². The molecular weight excluding hydrogens is 544 g/mol. The molecule has 40 heavy (non-hydrogen) atoms. The van der Waals surface area contributed by atoms with Crippen molar-refractivity contribution in [3.8, 4) is 5.69 Å². The Kier molecular flexibility index (Phi) is 7.29. The van der Waals surface area contributed by atoms with Crippen LogP contribution in [0.15, 0.2) is 30.5 Å². The number of halogens is 2. The fraction of sp³-hybridized carbons (Fsp3) is 0.538. The van der Waals surface area contributed by atoms with Crippen LogP contribution in [0.3, 0.4) is 0 Å². The van der Waals surface area contributed by atoms with E-state index in [9.17, 15) is 22.0 Å². The van der Waals surface area contributed by atoms with Crippen LogP contribution >= 0.6 is 0 Å². The van der Waals surface area contributed by atoms with Crippen molar-refractivity contribution in [2.45, 2.75) is 31.7 Å². The number of amides is 1. The smallest absolute Gasteiger partial charge is 0.263 e. The van der Waals surface area contributed by atoms with Crippen molar-refractivity contribution in [3.63, 3.8) is 0 Å². The number of carbonyl (C=O) groups is 1. The molecule has 3 fully saturated rings. The summed E-state index contributed by atoms with van der Waals surface area (Å²) >= 11 is 0. The first kappa shape index (κ1) is 26.8. The number of anilines is 2. The van der Waals surface area contributed by atoms with Gasteiger partial charge < -0.3 is 19.9 Å². The number of hydrogen-bond donors (Lipinski definition) is 1. The quantitative estimate of drug-likeness (QED) is 0.453. The van der Waals surface area contributed by atoms with Gasteiger partial charge in [0.2, 0.25) is 11.9 Å². The molecule has 0 spiro atoms. The van der Waals surface area contributed by atoms with E-state index >= 15 is 0 Å². The third-order valence-corrected chi connectivity index (χ3v) is 9.46. The zero-order chi connectivity index (χ0) is 27.9. The zero-order valence-electron chi connectivity index (χ0n) is 21.9. The van der Waals surface area contributed by atoms with E-state index in [0.717, 1.165) is 0 Å². The van der Waals surface area contributed by atoms with E-state index in [2.05, 4.69) is 20.3 Å². The third-order valence-electron chi connectivity index (χ3n) is 7.75. The van der Waals surface area contributed by atoms with Gasteiger partial charge in [-0.1, -0.05) is 12.1 Å². The highest BCUT2D eigenvalue weighted by Gasteiger charge is 2.34. The number of hydrogen-bond acceptors (Lipinski definition) is 9. The summed E-state index contributed by atoms with van der Waals surface area (Å²) in [6, 6.07) is 5.88. The molecule has 3 saturated heterocycles. The summed E-state index contributed by atoms with van der Waals surface area (Å²) in [4.78, 5) is 26.1. The zero-order valence-corrected chi connectivity index (χ0v) is 22.7. The normalized spacial score (nSPS) is 20.2. The van der Waals surface area contributed by atoms with Gasteiger partial charge in [-0.15, -0.1) is 0 Å². The molecule has 1 amide bonds. The average molecular weight is 576 g/mol. The molecule has 0 unspecified atom stereocenters. The molecule has 11 nitrogen and oxygen atoms in total. The topological polar surface area (TPSA) is 123 Å². The van der Waals surface area contributed by atoms with Crippen LogP contribution in [-0.4, -0.2) is 95.9 Å². The Morgan fingerprint density at radius 3 is 2.60 bits per heavy atom. The molecule has 5 heterocycles. The maximum Gasteiger partial charge on any atom is 0.263 e. The van der Waals surface area contributed by atoms with Crippen molar-refractivity contribution in [1.82, 2.24) is 24.6 Å². The summed E-state index contributed by atoms with van der Waals surface area (Å²) in [5.74, 6) is 1.47. The number of sulfone groups is 1. The monoisotopic (exact) mass is 575 g/mol. The first-order valence-electron chi connectivity index (χ1n) is 13.5. The predicted octanol–water partition coefficient (Wildman–Crippen LogP) is 2.43. The van der Waals surface area contributed by atoms with E-state index in [4.69, 9.17) is 9.72 Å². The highest BCUT2D eigenvalue weighted by molar-refractivity contribution is 7.91. The van der Waals surface area contributed by atoms with Crippen molar-refractivity contribution in [1.29, 1.82) is 0 Å². The van der Waals surface area contributed by atoms with Gasteiger partial charge >= 0.3 is 0 Å². The molecular formula is C26H31F2N7O4S. The van der Waals surface area contributed by atoms with E-state index in [1.165, 1.54) is 16.8 Å². The Labute approximate surface area is 230 Å². The van der Waals surface area contributed by atoms with Crippen LogP contribution in [-0.2, 0) is 19.4 Å². The predicted molar refractivity (Wildman–Crippen MR) is 145 cm³/mol. The van der Waals surface area contributed by atoms with Gasteiger partial charge in [0.15, 0.2) is 5.65 Å². The van der Waals surface area contributed by atoms with Gasteiger partial charge in [-0.2, -0.15) is 15.1 Å². The van der Waals surface area contributed by atoms with E-state index < -0.39 is 16.3 Å². The van der Waals surface area contributed by atoms with Gasteiger partial charge in [-0.3, -0.25) is 4.79 Å². The van der Waals surface area contributed by atoms with Crippen LogP contribution in [0.4, 0.5) is 20.5 Å². The van der Waals surface area contributed by atoms with Crippen molar-refractivity contribution in [2.24, 2.45) is 5.92 Å². The Balaban J connectivity index is 1.27. The lowest BCUT2D eigenvalue weighted by atomic mass is 9.95. The molecule has 0 radical (unpaired) electrons. The number of rotatable bonds is 7. The summed E-state index contributed by atoms with van der Waals surface area (Å²) in [5, 5.41) is 8.42. The van der Waals surface area contributed by atoms with Gasteiger partial charge in [0.1, 0.15) is 15.7 Å². The molecule has 0 bridgehead atoms. The van der Waals surface area contributed by atoms with Gasteiger partial charge in [0.05, 0.1) is 42.0 Å². The highest BCUT2D eigenvalue weighted by Crippen LogP contribution is 2.34. The lowest BCUT2D eigenvalue weighted by Gasteiger charge is -2.41. The number of carbonyl (C=O) groups excluding carboxylic acids is 1. The number of alkyl halides is 2. The SMILES string of the molecule is O=C(CC1CN(c2nc(NC3CCS(=O)(=O)CC3)nc3c2cnn3-c2cccc(C(F)F)c2)C1)N1CCOCC1. The second kappa shape index (κ2) is 10.9. The molecule has 0 atom stereocenters. The van der Waals surface area contributed by atoms with Gasteiger partial charge in [-0.05, 0) is 25.0 Å². The van der Waals surface area contributed by atoms with Crippen LogP contribution in [0.25, 0.3) is 16.7 Å². The molecule has 1 aromatic carbocycles. The van der Waals surface area contributed by atoms with E-state index in [1.807, 2.05) is 4.90 Å². The lowest BCUT2D eigenvalue weighted by molar-refractivity contribution is -0.136. The maximum atomic E-state index is 13.4. The number of nitrogens with zero attached hydrogens (tertiary/aromatic N) is 6. The second-order valence-electron chi connectivity index (χ2n) is 10.6. The van der Waals surface area contributed by atoms with Crippen LogP contribution in [0.1, 0.15) is 31.3 Å². The van der Waals surface area contributed by atoms with Crippen molar-refractivity contribution in [3.05, 3.63) is 36.0 Å². The maximum absolute atomic E-state index is 13.4. The second-order valence-corrected chi connectivity index (χ2v) is 12.9. The third kappa shape index (κ3) is 5.59. The molecule has 6 rings (SSSR count). The summed E-state index contributed by atoms with van der Waals surface area (Å²) in [5.41, 5.74) is 0.785. The first-order chi connectivity index (χ1) is 19.3. The number of aromatic nitrogens is 4. The fourth-order valence-corrected chi connectivity index (χ4v) is 6.95. The van der Waals surface area contributed by atoms with Crippen LogP contribution in [0, 0.1) is 5.92 Å². The molecule has 14 heteroatoms. The summed E-state index contributed by atoms with van der Waals surface area (Å²) in [6.07, 6.45) is 0.355. The minimum atomic E-state index is -3.03. The average Bonchev–Trinajstić information content (AvgIpc) is 3.36. The highest BCUT2D eigenvalue weighted by atomic mass is 32.2. The van der Waals surface area contributed by atoms with Gasteiger partial charge in [0, 0.05) is 50.1 Å². The number of ether oxygens (including phenoxy) is 1. The van der Waals surface area contributed by atoms with Crippen LogP contribution in [0.5, 0.6) is 0 Å². The molecule has 1 N–H and O–H groups in total. The molecule has 0 saturated carbocycles. The molecule has 3 aromatic rings. The molecule has 214 valence electrons. The largest absolute Gasteiger partial charge is 0.378 e. The Bertz CT molecular complexity index is 1490. The molecule has 0 aliphatic carbocycles. The summed E-state index contributed by atoms with van der Waals surface area (Å²) in [6.45, 7) is 3.63. The number of fused-ring (bicyclic) bond motifs is 1. The summed E-state index contributed by atoms with van der Waals surface area (Å²) in [7, 11) is -3.03. The first-order valence-corrected chi connectivity index (χ1v) is 15.3. The van der Waals surface area contributed by atoms with Crippen LogP contribution < -0.4 is 10.2 Å². The van der Waals surface area contributed by atoms with E-state index in [1.54, 1.807) is 18.3 Å². The lowest BCUT2D eigenvalue weighted by Crippen LogP contribution is -2.50. The molecule has 3 aliphatic rings. The van der Waals surface area contributed by atoms with Crippen molar-refractivity contribution in [2.75, 3.05) is 61.1 Å². The van der Waals surface area contributed by atoms with E-state index in [-0.39, 0.29) is 34.9 Å². The minimum absolute atomic E-state index is 0.100. The Morgan fingerprint density at radius 2 is 1.88 bits per heavy atom. The van der Waals surface area contributed by atoms with Crippen molar-refractivity contribution < 1.29 is 26.7 Å². The Hall–Kier alpha value is -3.39. The molecule has 3 aliphatic heterocycles. The number of morpholine rings is 1. The number of nitrogens with one attached hydrogen (secondary N) is 1. The standard InChI is InChI=1S/C26H31F2N7O4S/c27-23(28)18-2-1-3-20(13-18)35-25-21(14-29-35)24(31-26(32-25)30-19-4-10-40(37,38)11-5-19)34-15-17(16-34)12-22(36)33-6-8-39-9-7-33/h1-3,13-14,17,19,23H,4-12,15-16H2,(H,30,31,32). The Morgan fingerprint density at radius 1 is 1.12 bits per heavy atom. The van der Waals surface area contributed by atoms with Crippen molar-refractivity contribution >= 4 is 38.5 Å². The van der Waals surface area contributed by atoms with Gasteiger partial charge in [-0.25, -0.2) is 21.9 Å². The minimum Gasteiger partial charge on any atom is -0.378 e. The molecule has 2 aromatic heterocycles. The summed E-state index contributed by atoms with van der Waals surface area (Å²) < 4.78 is 57.5. The fourth-order valence-electron chi connectivity index (χ4n) is 5.46.